The van der Waals surface area contributed by atoms with Gasteiger partial charge in [0.2, 0.25) is 0 Å². The number of rotatable bonds is 1. The maximum absolute atomic E-state index is 9.67. The Bertz CT molecular complexity index is 439. The highest BCUT2D eigenvalue weighted by atomic mass is 35.5. The zero-order valence-electron chi connectivity index (χ0n) is 7.79. The minimum absolute atomic E-state index is 0.0398. The highest BCUT2D eigenvalue weighted by molar-refractivity contribution is 6.32. The van der Waals surface area contributed by atoms with Crippen LogP contribution in [0.2, 0.25) is 5.02 Å². The number of nitrogens with zero attached hydrogens (tertiary/aromatic N) is 1. The van der Waals surface area contributed by atoms with Crippen molar-refractivity contribution in [3.05, 3.63) is 16.7 Å². The lowest BCUT2D eigenvalue weighted by Gasteiger charge is -2.21. The van der Waals surface area contributed by atoms with Crippen LogP contribution in [0.25, 0.3) is 0 Å². The van der Waals surface area contributed by atoms with Gasteiger partial charge < -0.3 is 14.6 Å². The number of phenols is 1. The number of hydrogen-bond donors (Lipinski definition) is 1. The van der Waals surface area contributed by atoms with E-state index in [9.17, 15) is 5.11 Å². The summed E-state index contributed by atoms with van der Waals surface area (Å²) in [6.07, 6.45) is 0.0398. The van der Waals surface area contributed by atoms with Crippen LogP contribution in [0.5, 0.6) is 17.2 Å². The Balaban J connectivity index is 2.58. The first kappa shape index (κ1) is 9.94. The standard InChI is InChI=1S/C10H8ClNO3/c11-7-5-8-10(15-4-3-14-8)6(1-2-12)9(7)13/h5,13H,1,3-4H2. The van der Waals surface area contributed by atoms with Gasteiger partial charge in [-0.15, -0.1) is 0 Å². The second-order valence-electron chi connectivity index (χ2n) is 3.04. The predicted octanol–water partition coefficient (Wildman–Crippen LogP) is 1.88. The van der Waals surface area contributed by atoms with Crippen LogP contribution in [0.4, 0.5) is 0 Å². The van der Waals surface area contributed by atoms with Gasteiger partial charge in [-0.1, -0.05) is 11.6 Å². The van der Waals surface area contributed by atoms with E-state index in [1.54, 1.807) is 0 Å². The highest BCUT2D eigenvalue weighted by Gasteiger charge is 2.21. The minimum atomic E-state index is -0.109. The van der Waals surface area contributed by atoms with Crippen LogP contribution in [0.3, 0.4) is 0 Å². The van der Waals surface area contributed by atoms with Crippen molar-refractivity contribution in [2.45, 2.75) is 6.42 Å². The van der Waals surface area contributed by atoms with E-state index in [0.717, 1.165) is 0 Å². The van der Waals surface area contributed by atoms with Crippen LogP contribution in [0.1, 0.15) is 5.56 Å². The Morgan fingerprint density at radius 2 is 2.20 bits per heavy atom. The summed E-state index contributed by atoms with van der Waals surface area (Å²) >= 11 is 5.79. The van der Waals surface area contributed by atoms with E-state index in [0.29, 0.717) is 30.3 Å². The largest absolute Gasteiger partial charge is 0.506 e. The van der Waals surface area contributed by atoms with Gasteiger partial charge in [-0.2, -0.15) is 5.26 Å². The molecule has 5 heteroatoms. The first-order valence-corrected chi connectivity index (χ1v) is 4.78. The Morgan fingerprint density at radius 3 is 2.93 bits per heavy atom. The molecule has 0 aliphatic carbocycles. The van der Waals surface area contributed by atoms with Crippen LogP contribution < -0.4 is 9.47 Å². The molecule has 0 saturated carbocycles. The minimum Gasteiger partial charge on any atom is -0.506 e. The molecule has 1 N–H and O–H groups in total. The average Bonchev–Trinajstić information content (AvgIpc) is 2.25. The lowest BCUT2D eigenvalue weighted by atomic mass is 10.1. The van der Waals surface area contributed by atoms with Crippen LogP contribution in [0, 0.1) is 11.3 Å². The Kier molecular flexibility index (Phi) is 2.57. The van der Waals surface area contributed by atoms with Crippen molar-refractivity contribution in [2.75, 3.05) is 13.2 Å². The molecule has 2 rings (SSSR count). The van der Waals surface area contributed by atoms with Crippen molar-refractivity contribution in [1.82, 2.24) is 0 Å². The lowest BCUT2D eigenvalue weighted by molar-refractivity contribution is 0.169. The summed E-state index contributed by atoms with van der Waals surface area (Å²) in [5.41, 5.74) is 0.389. The van der Waals surface area contributed by atoms with Crippen molar-refractivity contribution in [3.8, 4) is 23.3 Å². The molecule has 15 heavy (non-hydrogen) atoms. The first-order valence-electron chi connectivity index (χ1n) is 4.41. The summed E-state index contributed by atoms with van der Waals surface area (Å²) in [6, 6.07) is 3.44. The second-order valence-corrected chi connectivity index (χ2v) is 3.45. The number of ether oxygens (including phenoxy) is 2. The molecule has 0 spiro atoms. The normalized spacial score (nSPS) is 13.3. The van der Waals surface area contributed by atoms with Crippen molar-refractivity contribution < 1.29 is 14.6 Å². The molecule has 78 valence electrons. The molecule has 1 aromatic carbocycles. The number of aromatic hydroxyl groups is 1. The van der Waals surface area contributed by atoms with Crippen molar-refractivity contribution >= 4 is 11.6 Å². The van der Waals surface area contributed by atoms with Crippen LogP contribution in [-0.2, 0) is 6.42 Å². The molecule has 1 heterocycles. The van der Waals surface area contributed by atoms with Gasteiger partial charge in [-0.3, -0.25) is 0 Å². The maximum atomic E-state index is 9.67. The monoisotopic (exact) mass is 225 g/mol. The molecule has 4 nitrogen and oxygen atoms in total. The van der Waals surface area contributed by atoms with E-state index in [2.05, 4.69) is 0 Å². The fourth-order valence-electron chi connectivity index (χ4n) is 1.45. The summed E-state index contributed by atoms with van der Waals surface area (Å²) in [4.78, 5) is 0. The number of halogens is 1. The van der Waals surface area contributed by atoms with Crippen molar-refractivity contribution in [3.63, 3.8) is 0 Å². The number of benzene rings is 1. The van der Waals surface area contributed by atoms with E-state index >= 15 is 0 Å². The molecule has 0 bridgehead atoms. The van der Waals surface area contributed by atoms with E-state index < -0.39 is 0 Å². The third kappa shape index (κ3) is 1.66. The third-order valence-electron chi connectivity index (χ3n) is 2.11. The zero-order chi connectivity index (χ0) is 10.8. The summed E-state index contributed by atoms with van der Waals surface area (Å²) in [7, 11) is 0. The summed E-state index contributed by atoms with van der Waals surface area (Å²) in [5, 5.41) is 18.5. The predicted molar refractivity (Wildman–Crippen MR) is 53.4 cm³/mol. The molecule has 0 amide bonds. The van der Waals surface area contributed by atoms with Gasteiger partial charge in [0, 0.05) is 6.07 Å². The Labute approximate surface area is 91.6 Å². The molecule has 1 aromatic rings. The van der Waals surface area contributed by atoms with Gasteiger partial charge in [-0.05, 0) is 0 Å². The molecular weight excluding hydrogens is 218 g/mol. The van der Waals surface area contributed by atoms with Gasteiger partial charge >= 0.3 is 0 Å². The van der Waals surface area contributed by atoms with Crippen molar-refractivity contribution in [2.24, 2.45) is 0 Å². The molecule has 0 saturated heterocycles. The number of fused-ring (bicyclic) bond motifs is 1. The molecule has 1 aliphatic heterocycles. The number of nitriles is 1. The fourth-order valence-corrected chi connectivity index (χ4v) is 1.67. The molecule has 0 fully saturated rings. The molecule has 0 atom stereocenters. The van der Waals surface area contributed by atoms with Gasteiger partial charge in [0.15, 0.2) is 11.5 Å². The van der Waals surface area contributed by atoms with Gasteiger partial charge in [0.1, 0.15) is 19.0 Å². The molecular formula is C10H8ClNO3. The molecule has 0 radical (unpaired) electrons. The third-order valence-corrected chi connectivity index (χ3v) is 2.40. The average molecular weight is 226 g/mol. The Morgan fingerprint density at radius 1 is 1.47 bits per heavy atom. The van der Waals surface area contributed by atoms with Crippen LogP contribution in [-0.4, -0.2) is 18.3 Å². The second kappa shape index (κ2) is 3.87. The smallest absolute Gasteiger partial charge is 0.169 e. The van der Waals surface area contributed by atoms with Crippen molar-refractivity contribution in [1.29, 1.82) is 5.26 Å². The first-order chi connectivity index (χ1) is 7.24. The lowest BCUT2D eigenvalue weighted by Crippen LogP contribution is -2.16. The number of hydrogen-bond acceptors (Lipinski definition) is 4. The molecule has 0 unspecified atom stereocenters. The zero-order valence-corrected chi connectivity index (χ0v) is 8.54. The Hall–Kier alpha value is -1.60. The van der Waals surface area contributed by atoms with Crippen LogP contribution in [0.15, 0.2) is 6.07 Å². The van der Waals surface area contributed by atoms with E-state index in [1.165, 1.54) is 6.07 Å². The fraction of sp³-hybridized carbons (Fsp3) is 0.300. The van der Waals surface area contributed by atoms with Gasteiger partial charge in [0.05, 0.1) is 23.1 Å². The topological polar surface area (TPSA) is 62.5 Å². The van der Waals surface area contributed by atoms with Crippen LogP contribution >= 0.6 is 11.6 Å². The summed E-state index contributed by atoms with van der Waals surface area (Å²) in [6.45, 7) is 0.854. The molecule has 0 aromatic heterocycles. The number of phenolic OH excluding ortho intramolecular Hbond substituents is 1. The van der Waals surface area contributed by atoms with E-state index in [4.69, 9.17) is 26.3 Å². The van der Waals surface area contributed by atoms with Gasteiger partial charge in [-0.25, -0.2) is 0 Å². The molecule has 1 aliphatic rings. The highest BCUT2D eigenvalue weighted by Crippen LogP contribution is 2.43. The quantitative estimate of drug-likeness (QED) is 0.793. The van der Waals surface area contributed by atoms with E-state index in [1.807, 2.05) is 6.07 Å². The SMILES string of the molecule is N#CCc1c(O)c(Cl)cc2c1OCCO2. The van der Waals surface area contributed by atoms with E-state index in [-0.39, 0.29) is 17.2 Å². The summed E-state index contributed by atoms with van der Waals surface area (Å²) < 4.78 is 10.7. The maximum Gasteiger partial charge on any atom is 0.169 e. The summed E-state index contributed by atoms with van der Waals surface area (Å²) in [5.74, 6) is 0.793. The van der Waals surface area contributed by atoms with Gasteiger partial charge in [0.25, 0.3) is 0 Å².